The number of quaternary nitrogens is 1. The van der Waals surface area contributed by atoms with E-state index in [0.29, 0.717) is 17.4 Å². The topological polar surface area (TPSA) is 111 Å². The Morgan fingerprint density at radius 3 is 1.67 bits per heavy atom. The van der Waals surface area contributed by atoms with Crippen molar-refractivity contribution < 1.29 is 42.1 Å². The van der Waals surface area contributed by atoms with E-state index in [1.807, 2.05) is 21.1 Å². The van der Waals surface area contributed by atoms with Crippen LogP contribution in [-0.2, 0) is 32.7 Å². The van der Waals surface area contributed by atoms with Crippen molar-refractivity contribution in [3.8, 4) is 0 Å². The second-order valence-electron chi connectivity index (χ2n) is 13.2. The van der Waals surface area contributed by atoms with E-state index in [2.05, 4.69) is 26.0 Å². The number of unbranched alkanes of at least 4 members (excludes halogenated alkanes) is 16. The van der Waals surface area contributed by atoms with Crippen LogP contribution in [0.1, 0.15) is 149 Å². The molecule has 266 valence electrons. The molecule has 0 heterocycles. The number of rotatable bonds is 32. The van der Waals surface area contributed by atoms with Crippen LogP contribution in [0, 0.1) is 0 Å². The van der Waals surface area contributed by atoms with Gasteiger partial charge < -0.3 is 27.9 Å². The van der Waals surface area contributed by atoms with Crippen molar-refractivity contribution in [3.63, 3.8) is 0 Å². The molecule has 2 atom stereocenters. The summed E-state index contributed by atoms with van der Waals surface area (Å²) in [6.45, 7) is 4.15. The van der Waals surface area contributed by atoms with Gasteiger partial charge in [-0.05, 0) is 38.5 Å². The summed E-state index contributed by atoms with van der Waals surface area (Å²) >= 11 is 0. The fourth-order valence-corrected chi connectivity index (χ4v) is 5.38. The lowest BCUT2D eigenvalue weighted by molar-refractivity contribution is -0.870. The van der Waals surface area contributed by atoms with Gasteiger partial charge in [0.05, 0.1) is 27.7 Å². The molecule has 0 aliphatic heterocycles. The summed E-state index contributed by atoms with van der Waals surface area (Å²) < 4.78 is 33.6. The van der Waals surface area contributed by atoms with Crippen molar-refractivity contribution in [2.24, 2.45) is 0 Å². The zero-order valence-corrected chi connectivity index (χ0v) is 30.5. The Bertz CT molecular complexity index is 799. The van der Waals surface area contributed by atoms with Crippen molar-refractivity contribution in [2.75, 3.05) is 47.5 Å². The van der Waals surface area contributed by atoms with Crippen LogP contribution < -0.4 is 4.89 Å². The molecule has 0 radical (unpaired) electrons. The molecule has 0 saturated carbocycles. The van der Waals surface area contributed by atoms with Crippen molar-refractivity contribution >= 4 is 19.8 Å². The standard InChI is InChI=1S/C35H68NO8P/c1-6-8-10-12-14-16-17-18-19-20-22-24-26-28-35(38)44-33(32-43-45(39,40)42-30-29-36(3,4)5)31-41-34(37)27-25-23-21-15-13-11-9-7-2/h16-17,33H,6-15,18-32H2,1-5H3/b17-16+/t33-/m1/s1. The molecular formula is C35H68NO8P. The first-order valence-corrected chi connectivity index (χ1v) is 19.4. The minimum absolute atomic E-state index is 0.0301. The fraction of sp³-hybridized carbons (Fsp3) is 0.886. The van der Waals surface area contributed by atoms with Gasteiger partial charge in [-0.15, -0.1) is 0 Å². The van der Waals surface area contributed by atoms with E-state index < -0.39 is 32.5 Å². The molecule has 0 N–H and O–H groups in total. The molecule has 0 aromatic heterocycles. The highest BCUT2D eigenvalue weighted by molar-refractivity contribution is 7.45. The molecule has 10 heteroatoms. The first kappa shape index (κ1) is 43.8. The highest BCUT2D eigenvalue weighted by atomic mass is 31.2. The van der Waals surface area contributed by atoms with Crippen molar-refractivity contribution in [2.45, 2.75) is 155 Å². The number of hydrogen-bond acceptors (Lipinski definition) is 8. The Balaban J connectivity index is 4.47. The number of ether oxygens (including phenoxy) is 2. The number of nitrogens with zero attached hydrogens (tertiary/aromatic N) is 1. The van der Waals surface area contributed by atoms with Crippen LogP contribution >= 0.6 is 7.82 Å². The third-order valence-electron chi connectivity index (χ3n) is 7.54. The van der Waals surface area contributed by atoms with Crippen LogP contribution in [-0.4, -0.2) is 70.0 Å². The summed E-state index contributed by atoms with van der Waals surface area (Å²) in [5, 5.41) is 0. The van der Waals surface area contributed by atoms with Gasteiger partial charge in [-0.1, -0.05) is 109 Å². The predicted octanol–water partition coefficient (Wildman–Crippen LogP) is 8.44. The lowest BCUT2D eigenvalue weighted by Gasteiger charge is -2.28. The van der Waals surface area contributed by atoms with Gasteiger partial charge >= 0.3 is 11.9 Å². The van der Waals surface area contributed by atoms with Crippen LogP contribution in [0.2, 0.25) is 0 Å². The predicted molar refractivity (Wildman–Crippen MR) is 181 cm³/mol. The Morgan fingerprint density at radius 2 is 1.13 bits per heavy atom. The van der Waals surface area contributed by atoms with E-state index in [-0.39, 0.29) is 26.1 Å². The Hall–Kier alpha value is -1.25. The molecule has 0 aliphatic carbocycles. The van der Waals surface area contributed by atoms with Crippen LogP contribution in [0.4, 0.5) is 0 Å². The second kappa shape index (κ2) is 28.9. The number of carbonyl (C=O) groups is 2. The number of esters is 2. The summed E-state index contributed by atoms with van der Waals surface area (Å²) in [6.07, 6.45) is 25.3. The van der Waals surface area contributed by atoms with Gasteiger partial charge in [0.15, 0.2) is 6.10 Å². The van der Waals surface area contributed by atoms with E-state index in [0.717, 1.165) is 51.4 Å². The quantitative estimate of drug-likeness (QED) is 0.0232. The third-order valence-corrected chi connectivity index (χ3v) is 8.50. The van der Waals surface area contributed by atoms with Crippen molar-refractivity contribution in [1.82, 2.24) is 0 Å². The molecule has 45 heavy (non-hydrogen) atoms. The lowest BCUT2D eigenvalue weighted by Crippen LogP contribution is -2.37. The Kier molecular flexibility index (Phi) is 28.1. The minimum Gasteiger partial charge on any atom is -0.756 e. The molecule has 0 aliphatic rings. The summed E-state index contributed by atoms with van der Waals surface area (Å²) in [7, 11) is 1.16. The average molecular weight is 662 g/mol. The van der Waals surface area contributed by atoms with E-state index in [9.17, 15) is 19.0 Å². The SMILES string of the molecule is CCCCCC/C=C/CCCCCCCC(=O)O[C@H](COC(=O)CCCCCCCCCC)COP(=O)([O-])OCC[N+](C)(C)C. The molecule has 0 fully saturated rings. The molecule has 0 saturated heterocycles. The summed E-state index contributed by atoms with van der Waals surface area (Å²) in [6, 6.07) is 0. The Morgan fingerprint density at radius 1 is 0.667 bits per heavy atom. The summed E-state index contributed by atoms with van der Waals surface area (Å²) in [5.74, 6) is -0.849. The van der Waals surface area contributed by atoms with Gasteiger partial charge in [0.2, 0.25) is 0 Å². The van der Waals surface area contributed by atoms with Gasteiger partial charge in [0, 0.05) is 12.8 Å². The average Bonchev–Trinajstić information content (AvgIpc) is 2.97. The van der Waals surface area contributed by atoms with Crippen LogP contribution in [0.25, 0.3) is 0 Å². The van der Waals surface area contributed by atoms with Crippen LogP contribution in [0.5, 0.6) is 0 Å². The van der Waals surface area contributed by atoms with E-state index >= 15 is 0 Å². The van der Waals surface area contributed by atoms with Gasteiger partial charge in [-0.25, -0.2) is 0 Å². The Labute approximate surface area is 276 Å². The summed E-state index contributed by atoms with van der Waals surface area (Å²) in [5.41, 5.74) is 0. The van der Waals surface area contributed by atoms with Crippen molar-refractivity contribution in [1.29, 1.82) is 0 Å². The maximum Gasteiger partial charge on any atom is 0.306 e. The number of carbonyl (C=O) groups excluding carboxylic acids is 2. The third kappa shape index (κ3) is 32.5. The number of phosphoric ester groups is 1. The fourth-order valence-electron chi connectivity index (χ4n) is 4.65. The molecular weight excluding hydrogens is 593 g/mol. The zero-order valence-electron chi connectivity index (χ0n) is 29.6. The van der Waals surface area contributed by atoms with Crippen LogP contribution in [0.3, 0.4) is 0 Å². The number of likely N-dealkylation sites (N-methyl/N-ethyl adjacent to an activating group) is 1. The maximum absolute atomic E-state index is 12.5. The van der Waals surface area contributed by atoms with Gasteiger partial charge in [0.25, 0.3) is 7.82 Å². The van der Waals surface area contributed by atoms with E-state index in [1.54, 1.807) is 0 Å². The molecule has 0 amide bonds. The van der Waals surface area contributed by atoms with E-state index in [1.165, 1.54) is 64.2 Å². The number of allylic oxidation sites excluding steroid dienone is 2. The van der Waals surface area contributed by atoms with Gasteiger partial charge in [-0.2, -0.15) is 0 Å². The largest absolute Gasteiger partial charge is 0.756 e. The normalized spacial score (nSPS) is 14.0. The van der Waals surface area contributed by atoms with Crippen LogP contribution in [0.15, 0.2) is 12.2 Å². The first-order valence-electron chi connectivity index (χ1n) is 17.9. The maximum atomic E-state index is 12.5. The minimum atomic E-state index is -4.61. The first-order chi connectivity index (χ1) is 21.5. The lowest BCUT2D eigenvalue weighted by atomic mass is 10.1. The monoisotopic (exact) mass is 661 g/mol. The highest BCUT2D eigenvalue weighted by Gasteiger charge is 2.21. The number of phosphoric acid groups is 1. The highest BCUT2D eigenvalue weighted by Crippen LogP contribution is 2.38. The molecule has 1 unspecified atom stereocenters. The second-order valence-corrected chi connectivity index (χ2v) is 14.6. The number of hydrogen-bond donors (Lipinski definition) is 0. The smallest absolute Gasteiger partial charge is 0.306 e. The van der Waals surface area contributed by atoms with Crippen molar-refractivity contribution in [3.05, 3.63) is 12.2 Å². The molecule has 0 bridgehead atoms. The van der Waals surface area contributed by atoms with Gasteiger partial charge in [-0.3, -0.25) is 14.2 Å². The van der Waals surface area contributed by atoms with E-state index in [4.69, 9.17) is 18.5 Å². The van der Waals surface area contributed by atoms with Gasteiger partial charge in [0.1, 0.15) is 19.8 Å². The molecule has 0 spiro atoms. The molecule has 0 rings (SSSR count). The molecule has 0 aromatic rings. The molecule has 9 nitrogen and oxygen atoms in total. The molecule has 0 aromatic carbocycles. The summed E-state index contributed by atoms with van der Waals surface area (Å²) in [4.78, 5) is 37.1. The zero-order chi connectivity index (χ0) is 33.7.